The quantitative estimate of drug-likeness (QED) is 0.594. The molecule has 1 rings (SSSR count). The van der Waals surface area contributed by atoms with Crippen molar-refractivity contribution >= 4 is 6.03 Å². The van der Waals surface area contributed by atoms with Crippen LogP contribution in [0.1, 0.15) is 31.7 Å². The van der Waals surface area contributed by atoms with Crippen LogP contribution in [0.4, 0.5) is 4.79 Å². The maximum atomic E-state index is 11.3. The van der Waals surface area contributed by atoms with Crippen LogP contribution in [0.15, 0.2) is 24.5 Å². The monoisotopic (exact) mass is 264 g/mol. The van der Waals surface area contributed by atoms with Crippen molar-refractivity contribution in [2.45, 2.75) is 32.7 Å². The molecule has 3 N–H and O–H groups in total. The van der Waals surface area contributed by atoms with E-state index in [0.29, 0.717) is 6.54 Å². The third kappa shape index (κ3) is 8.15. The van der Waals surface area contributed by atoms with E-state index in [1.165, 1.54) is 5.56 Å². The number of carbonyl (C=O) groups excluding carboxylic acids is 1. The number of amides is 2. The SMILES string of the molecule is CCCCNC(=O)NCCCNCc1cccnc1. The Labute approximate surface area is 115 Å². The topological polar surface area (TPSA) is 66.1 Å². The second kappa shape index (κ2) is 10.3. The summed E-state index contributed by atoms with van der Waals surface area (Å²) in [7, 11) is 0. The predicted octanol–water partition coefficient (Wildman–Crippen LogP) is 1.66. The van der Waals surface area contributed by atoms with E-state index >= 15 is 0 Å². The Balaban J connectivity index is 1.92. The Morgan fingerprint density at radius 1 is 1.21 bits per heavy atom. The summed E-state index contributed by atoms with van der Waals surface area (Å²) in [6.07, 6.45) is 6.66. The molecule has 0 aliphatic rings. The average molecular weight is 264 g/mol. The molecule has 2 amide bonds. The lowest BCUT2D eigenvalue weighted by atomic mass is 10.3. The van der Waals surface area contributed by atoms with E-state index in [0.717, 1.165) is 38.9 Å². The van der Waals surface area contributed by atoms with Crippen molar-refractivity contribution in [3.05, 3.63) is 30.1 Å². The van der Waals surface area contributed by atoms with Gasteiger partial charge in [-0.2, -0.15) is 0 Å². The lowest BCUT2D eigenvalue weighted by Gasteiger charge is -2.07. The molecule has 106 valence electrons. The van der Waals surface area contributed by atoms with Crippen molar-refractivity contribution in [3.63, 3.8) is 0 Å². The minimum atomic E-state index is -0.0688. The maximum Gasteiger partial charge on any atom is 0.314 e. The van der Waals surface area contributed by atoms with Gasteiger partial charge in [-0.15, -0.1) is 0 Å². The van der Waals surface area contributed by atoms with Crippen LogP contribution in [0, 0.1) is 0 Å². The Morgan fingerprint density at radius 3 is 2.68 bits per heavy atom. The van der Waals surface area contributed by atoms with Crippen LogP contribution in [0.2, 0.25) is 0 Å². The van der Waals surface area contributed by atoms with Crippen molar-refractivity contribution < 1.29 is 4.79 Å². The molecule has 0 bridgehead atoms. The fourth-order valence-electron chi connectivity index (χ4n) is 1.59. The minimum Gasteiger partial charge on any atom is -0.338 e. The van der Waals surface area contributed by atoms with E-state index in [1.54, 1.807) is 6.20 Å². The predicted molar refractivity (Wildman–Crippen MR) is 76.9 cm³/mol. The molecule has 0 aliphatic heterocycles. The molecule has 0 aliphatic carbocycles. The number of carbonyl (C=O) groups is 1. The number of unbranched alkanes of at least 4 members (excludes halogenated alkanes) is 1. The smallest absolute Gasteiger partial charge is 0.314 e. The zero-order valence-corrected chi connectivity index (χ0v) is 11.6. The molecule has 19 heavy (non-hydrogen) atoms. The third-order valence-corrected chi connectivity index (χ3v) is 2.68. The first-order valence-corrected chi connectivity index (χ1v) is 6.94. The van der Waals surface area contributed by atoms with Gasteiger partial charge in [-0.3, -0.25) is 4.98 Å². The zero-order chi connectivity index (χ0) is 13.8. The fraction of sp³-hybridized carbons (Fsp3) is 0.571. The summed E-state index contributed by atoms with van der Waals surface area (Å²) in [5, 5.41) is 8.98. The van der Waals surface area contributed by atoms with Crippen molar-refractivity contribution in [2.75, 3.05) is 19.6 Å². The molecular weight excluding hydrogens is 240 g/mol. The molecule has 5 heteroatoms. The Bertz CT molecular complexity index is 343. The molecule has 5 nitrogen and oxygen atoms in total. The Kier molecular flexibility index (Phi) is 8.38. The third-order valence-electron chi connectivity index (χ3n) is 2.68. The standard InChI is InChI=1S/C14H24N4O/c1-2-3-9-17-14(19)18-10-5-8-16-12-13-6-4-7-15-11-13/h4,6-7,11,16H,2-3,5,8-10,12H2,1H3,(H2,17,18,19). The highest BCUT2D eigenvalue weighted by Crippen LogP contribution is 1.93. The van der Waals surface area contributed by atoms with E-state index in [2.05, 4.69) is 27.9 Å². The molecule has 0 unspecified atom stereocenters. The van der Waals surface area contributed by atoms with E-state index in [4.69, 9.17) is 0 Å². The van der Waals surface area contributed by atoms with Gasteiger partial charge < -0.3 is 16.0 Å². The number of nitrogens with zero attached hydrogens (tertiary/aromatic N) is 1. The van der Waals surface area contributed by atoms with E-state index in [9.17, 15) is 4.79 Å². The van der Waals surface area contributed by atoms with Gasteiger partial charge in [-0.05, 0) is 31.0 Å². The molecule has 1 aromatic heterocycles. The average Bonchev–Trinajstić information content (AvgIpc) is 2.44. The molecular formula is C14H24N4O. The molecule has 0 radical (unpaired) electrons. The minimum absolute atomic E-state index is 0.0688. The Morgan fingerprint density at radius 2 is 2.00 bits per heavy atom. The van der Waals surface area contributed by atoms with Crippen LogP contribution < -0.4 is 16.0 Å². The number of aromatic nitrogens is 1. The largest absolute Gasteiger partial charge is 0.338 e. The lowest BCUT2D eigenvalue weighted by molar-refractivity contribution is 0.240. The van der Waals surface area contributed by atoms with Crippen LogP contribution >= 0.6 is 0 Å². The van der Waals surface area contributed by atoms with Gasteiger partial charge in [0.1, 0.15) is 0 Å². The van der Waals surface area contributed by atoms with Gasteiger partial charge in [-0.25, -0.2) is 4.79 Å². The first kappa shape index (κ1) is 15.4. The maximum absolute atomic E-state index is 11.3. The van der Waals surface area contributed by atoms with Gasteiger partial charge in [0.05, 0.1) is 0 Å². The normalized spacial score (nSPS) is 10.2. The summed E-state index contributed by atoms with van der Waals surface area (Å²) >= 11 is 0. The molecule has 1 heterocycles. The van der Waals surface area contributed by atoms with Crippen LogP contribution in [0.5, 0.6) is 0 Å². The number of pyridine rings is 1. The number of urea groups is 1. The number of nitrogens with one attached hydrogen (secondary N) is 3. The van der Waals surface area contributed by atoms with Crippen LogP contribution in [-0.2, 0) is 6.54 Å². The summed E-state index contributed by atoms with van der Waals surface area (Å²) < 4.78 is 0. The highest BCUT2D eigenvalue weighted by molar-refractivity contribution is 5.73. The van der Waals surface area contributed by atoms with Crippen molar-refractivity contribution in [1.82, 2.24) is 20.9 Å². The summed E-state index contributed by atoms with van der Waals surface area (Å²) in [5.41, 5.74) is 1.17. The molecule has 1 aromatic rings. The zero-order valence-electron chi connectivity index (χ0n) is 11.6. The van der Waals surface area contributed by atoms with E-state index < -0.39 is 0 Å². The van der Waals surface area contributed by atoms with Crippen molar-refractivity contribution in [3.8, 4) is 0 Å². The van der Waals surface area contributed by atoms with Crippen LogP contribution in [-0.4, -0.2) is 30.6 Å². The van der Waals surface area contributed by atoms with Crippen LogP contribution in [0.3, 0.4) is 0 Å². The van der Waals surface area contributed by atoms with Gasteiger partial charge in [0, 0.05) is 32.0 Å². The molecule has 0 aromatic carbocycles. The lowest BCUT2D eigenvalue weighted by Crippen LogP contribution is -2.37. The molecule has 0 atom stereocenters. The summed E-state index contributed by atoms with van der Waals surface area (Å²) in [4.78, 5) is 15.4. The van der Waals surface area contributed by atoms with E-state index in [1.807, 2.05) is 18.3 Å². The summed E-state index contributed by atoms with van der Waals surface area (Å²) in [6, 6.07) is 3.90. The van der Waals surface area contributed by atoms with Gasteiger partial charge in [0.2, 0.25) is 0 Å². The Hall–Kier alpha value is -1.62. The molecule has 0 fully saturated rings. The first-order chi connectivity index (χ1) is 9.33. The van der Waals surface area contributed by atoms with Crippen molar-refractivity contribution in [1.29, 1.82) is 0 Å². The van der Waals surface area contributed by atoms with Crippen molar-refractivity contribution in [2.24, 2.45) is 0 Å². The van der Waals surface area contributed by atoms with Gasteiger partial charge >= 0.3 is 6.03 Å². The first-order valence-electron chi connectivity index (χ1n) is 6.94. The number of rotatable bonds is 9. The highest BCUT2D eigenvalue weighted by Gasteiger charge is 1.97. The second-order valence-corrected chi connectivity index (χ2v) is 4.43. The summed E-state index contributed by atoms with van der Waals surface area (Å²) in [5.74, 6) is 0. The number of hydrogen-bond donors (Lipinski definition) is 3. The summed E-state index contributed by atoms with van der Waals surface area (Å²) in [6.45, 7) is 5.24. The van der Waals surface area contributed by atoms with E-state index in [-0.39, 0.29) is 6.03 Å². The number of hydrogen-bond acceptors (Lipinski definition) is 3. The van der Waals surface area contributed by atoms with Crippen LogP contribution in [0.25, 0.3) is 0 Å². The fourth-order valence-corrected chi connectivity index (χ4v) is 1.59. The molecule has 0 spiro atoms. The van der Waals surface area contributed by atoms with Gasteiger partial charge in [0.25, 0.3) is 0 Å². The van der Waals surface area contributed by atoms with Gasteiger partial charge in [0.15, 0.2) is 0 Å². The molecule has 0 saturated heterocycles. The highest BCUT2D eigenvalue weighted by atomic mass is 16.2. The van der Waals surface area contributed by atoms with Gasteiger partial charge in [-0.1, -0.05) is 19.4 Å². The molecule has 0 saturated carbocycles. The second-order valence-electron chi connectivity index (χ2n) is 4.43.